The van der Waals surface area contributed by atoms with Crippen LogP contribution in [-0.2, 0) is 24.3 Å². The third kappa shape index (κ3) is 3.93. The van der Waals surface area contributed by atoms with E-state index < -0.39 is 0 Å². The van der Waals surface area contributed by atoms with E-state index in [9.17, 15) is 4.79 Å². The number of hydrogen-bond donors (Lipinski definition) is 1. The minimum atomic E-state index is -0.0390. The van der Waals surface area contributed by atoms with E-state index >= 15 is 0 Å². The van der Waals surface area contributed by atoms with Crippen molar-refractivity contribution in [3.8, 4) is 5.75 Å². The molecule has 1 saturated carbocycles. The van der Waals surface area contributed by atoms with E-state index in [1.807, 2.05) is 24.7 Å². The summed E-state index contributed by atoms with van der Waals surface area (Å²) in [5, 5.41) is 15.3. The largest absolute Gasteiger partial charge is 0.485 e. The lowest BCUT2D eigenvalue weighted by Gasteiger charge is -2.21. The number of nitrogens with one attached hydrogen (secondary N) is 1. The van der Waals surface area contributed by atoms with Gasteiger partial charge in [0.05, 0.1) is 30.6 Å². The smallest absolute Gasteiger partial charge is 0.226 e. The first-order valence-electron chi connectivity index (χ1n) is 8.55. The Morgan fingerprint density at radius 1 is 1.29 bits per heavy atom. The summed E-state index contributed by atoms with van der Waals surface area (Å²) < 4.78 is 9.56. The van der Waals surface area contributed by atoms with Gasteiger partial charge in [0.15, 0.2) is 5.75 Å². The molecule has 0 saturated heterocycles. The van der Waals surface area contributed by atoms with Gasteiger partial charge in [-0.15, -0.1) is 5.10 Å². The first-order chi connectivity index (χ1) is 11.7. The molecule has 1 amide bonds. The highest BCUT2D eigenvalue weighted by Gasteiger charge is 2.30. The zero-order valence-electron chi connectivity index (χ0n) is 14.2. The van der Waals surface area contributed by atoms with Crippen molar-refractivity contribution >= 4 is 5.91 Å². The number of ether oxygens (including phenoxy) is 1. The molecule has 8 heteroatoms. The molecule has 2 aromatic rings. The maximum absolute atomic E-state index is 12.3. The van der Waals surface area contributed by atoms with Crippen molar-refractivity contribution in [1.29, 1.82) is 0 Å². The van der Waals surface area contributed by atoms with Crippen LogP contribution >= 0.6 is 0 Å². The van der Waals surface area contributed by atoms with E-state index in [0.717, 1.165) is 38.1 Å². The normalized spacial score (nSPS) is 20.2. The van der Waals surface area contributed by atoms with Gasteiger partial charge in [-0.25, -0.2) is 0 Å². The molecule has 24 heavy (non-hydrogen) atoms. The topological polar surface area (TPSA) is 86.9 Å². The van der Waals surface area contributed by atoms with Gasteiger partial charge in [0.1, 0.15) is 6.10 Å². The quantitative estimate of drug-likeness (QED) is 0.822. The summed E-state index contributed by atoms with van der Waals surface area (Å²) in [5.41, 5.74) is 0.689. The summed E-state index contributed by atoms with van der Waals surface area (Å²) in [4.78, 5) is 12.3. The molecular formula is C16H24N6O2. The number of hydrogen-bond acceptors (Lipinski definition) is 5. The lowest BCUT2D eigenvalue weighted by Crippen LogP contribution is -2.43. The van der Waals surface area contributed by atoms with Crippen LogP contribution in [0.15, 0.2) is 18.6 Å². The molecule has 1 aliphatic rings. The third-order valence-corrected chi connectivity index (χ3v) is 4.27. The van der Waals surface area contributed by atoms with Crippen molar-refractivity contribution < 1.29 is 9.53 Å². The molecule has 3 rings (SSSR count). The molecule has 130 valence electrons. The summed E-state index contributed by atoms with van der Waals surface area (Å²) in [6, 6.07) is 0.0312. The Morgan fingerprint density at radius 3 is 2.83 bits per heavy atom. The maximum Gasteiger partial charge on any atom is 0.226 e. The van der Waals surface area contributed by atoms with Crippen LogP contribution in [-0.4, -0.2) is 42.8 Å². The molecule has 0 aromatic carbocycles. The number of nitrogens with zero attached hydrogens (tertiary/aromatic N) is 5. The van der Waals surface area contributed by atoms with Crippen molar-refractivity contribution in [1.82, 2.24) is 30.1 Å². The predicted molar refractivity (Wildman–Crippen MR) is 87.5 cm³/mol. The van der Waals surface area contributed by atoms with Crippen LogP contribution in [0.5, 0.6) is 5.75 Å². The van der Waals surface area contributed by atoms with E-state index in [0.29, 0.717) is 5.69 Å². The van der Waals surface area contributed by atoms with Crippen LogP contribution in [0.25, 0.3) is 0 Å². The molecule has 8 nitrogen and oxygen atoms in total. The minimum absolute atomic E-state index is 0.00483. The number of aryl methyl sites for hydroxylation is 2. The zero-order valence-corrected chi connectivity index (χ0v) is 14.2. The van der Waals surface area contributed by atoms with Gasteiger partial charge >= 0.3 is 0 Å². The molecule has 0 unspecified atom stereocenters. The summed E-state index contributed by atoms with van der Waals surface area (Å²) in [6.45, 7) is 5.58. The van der Waals surface area contributed by atoms with Crippen molar-refractivity contribution in [3.05, 3.63) is 24.3 Å². The molecule has 1 fully saturated rings. The molecule has 2 heterocycles. The summed E-state index contributed by atoms with van der Waals surface area (Å²) >= 11 is 0. The SMILES string of the molecule is CCn1cc(O[C@@H]2CCC[C@@H]2NC(=O)Cc2cn(CC)nn2)cn1. The van der Waals surface area contributed by atoms with Crippen LogP contribution < -0.4 is 10.1 Å². The van der Waals surface area contributed by atoms with E-state index in [-0.39, 0.29) is 24.5 Å². The van der Waals surface area contributed by atoms with Crippen molar-refractivity contribution in [2.75, 3.05) is 0 Å². The highest BCUT2D eigenvalue weighted by Crippen LogP contribution is 2.24. The monoisotopic (exact) mass is 332 g/mol. The van der Waals surface area contributed by atoms with Crippen molar-refractivity contribution in [3.63, 3.8) is 0 Å². The van der Waals surface area contributed by atoms with E-state index in [1.165, 1.54) is 0 Å². The summed E-state index contributed by atoms with van der Waals surface area (Å²) in [6.07, 6.45) is 8.58. The van der Waals surface area contributed by atoms with Crippen molar-refractivity contribution in [2.24, 2.45) is 0 Å². The number of amides is 1. The molecule has 0 radical (unpaired) electrons. The number of aromatic nitrogens is 5. The molecule has 0 aliphatic heterocycles. The zero-order chi connectivity index (χ0) is 16.9. The average Bonchev–Trinajstić information content (AvgIpc) is 3.30. The first kappa shape index (κ1) is 16.5. The van der Waals surface area contributed by atoms with Gasteiger partial charge in [-0.2, -0.15) is 5.10 Å². The Hall–Kier alpha value is -2.38. The number of carbonyl (C=O) groups is 1. The Morgan fingerprint density at radius 2 is 2.12 bits per heavy atom. The number of carbonyl (C=O) groups excluding carboxylic acids is 1. The first-order valence-corrected chi connectivity index (χ1v) is 8.55. The molecule has 1 N–H and O–H groups in total. The highest BCUT2D eigenvalue weighted by molar-refractivity contribution is 5.78. The number of rotatable bonds is 7. The Labute approximate surface area is 141 Å². The third-order valence-electron chi connectivity index (χ3n) is 4.27. The molecule has 2 atom stereocenters. The Balaban J connectivity index is 1.53. The van der Waals surface area contributed by atoms with Crippen molar-refractivity contribution in [2.45, 2.75) is 64.8 Å². The fourth-order valence-corrected chi connectivity index (χ4v) is 2.98. The Bertz CT molecular complexity index is 680. The Kier molecular flexibility index (Phi) is 5.12. The standard InChI is InChI=1S/C16H24N6O2/c1-3-21-11-13(9-17-21)24-15-7-5-6-14(15)18-16(23)8-12-10-22(4-2)20-19-12/h9-11,14-15H,3-8H2,1-2H3,(H,18,23)/t14-,15+/m0/s1. The van der Waals surface area contributed by atoms with Crippen LogP contribution in [0.3, 0.4) is 0 Å². The highest BCUT2D eigenvalue weighted by atomic mass is 16.5. The lowest BCUT2D eigenvalue weighted by molar-refractivity contribution is -0.121. The lowest BCUT2D eigenvalue weighted by atomic mass is 10.2. The average molecular weight is 332 g/mol. The predicted octanol–water partition coefficient (Wildman–Crippen LogP) is 1.17. The van der Waals surface area contributed by atoms with E-state index in [1.54, 1.807) is 17.1 Å². The van der Waals surface area contributed by atoms with Gasteiger partial charge in [-0.1, -0.05) is 5.21 Å². The van der Waals surface area contributed by atoms with Crippen LogP contribution in [0.4, 0.5) is 0 Å². The molecular weight excluding hydrogens is 308 g/mol. The van der Waals surface area contributed by atoms with Crippen LogP contribution in [0.2, 0.25) is 0 Å². The fraction of sp³-hybridized carbons (Fsp3) is 0.625. The van der Waals surface area contributed by atoms with Gasteiger partial charge < -0.3 is 10.1 Å². The molecule has 1 aliphatic carbocycles. The van der Waals surface area contributed by atoms with Gasteiger partial charge in [0, 0.05) is 19.3 Å². The van der Waals surface area contributed by atoms with E-state index in [4.69, 9.17) is 4.74 Å². The second kappa shape index (κ2) is 7.46. The molecule has 2 aromatic heterocycles. The van der Waals surface area contributed by atoms with Gasteiger partial charge in [-0.3, -0.25) is 14.2 Å². The van der Waals surface area contributed by atoms with Gasteiger partial charge in [0.2, 0.25) is 5.91 Å². The fourth-order valence-electron chi connectivity index (χ4n) is 2.98. The van der Waals surface area contributed by atoms with Crippen LogP contribution in [0.1, 0.15) is 38.8 Å². The van der Waals surface area contributed by atoms with E-state index in [2.05, 4.69) is 20.7 Å². The second-order valence-electron chi connectivity index (χ2n) is 6.04. The van der Waals surface area contributed by atoms with Gasteiger partial charge in [0.25, 0.3) is 0 Å². The van der Waals surface area contributed by atoms with Crippen LogP contribution in [0, 0.1) is 0 Å². The molecule has 0 spiro atoms. The minimum Gasteiger partial charge on any atom is -0.485 e. The molecule has 0 bridgehead atoms. The maximum atomic E-state index is 12.3. The summed E-state index contributed by atoms with van der Waals surface area (Å²) in [5.74, 6) is 0.719. The second-order valence-corrected chi connectivity index (χ2v) is 6.04. The summed E-state index contributed by atoms with van der Waals surface area (Å²) in [7, 11) is 0. The van der Waals surface area contributed by atoms with Gasteiger partial charge in [-0.05, 0) is 33.1 Å².